The number of nitrogens with two attached hydrogens (primary N) is 2. The van der Waals surface area contributed by atoms with Crippen LogP contribution in [0.4, 0.5) is 0 Å². The van der Waals surface area contributed by atoms with Crippen LogP contribution in [-0.4, -0.2) is 41.2 Å². The largest absolute Gasteiger partial charge is 0.346 e. The third kappa shape index (κ3) is 11.7. The number of nitrogens with one attached hydrogen (secondary N) is 1. The van der Waals surface area contributed by atoms with Gasteiger partial charge in [0.25, 0.3) is 0 Å². The highest BCUT2D eigenvalue weighted by Crippen LogP contribution is 2.40. The van der Waals surface area contributed by atoms with Crippen LogP contribution in [0.2, 0.25) is 0 Å². The van der Waals surface area contributed by atoms with Crippen LogP contribution >= 0.6 is 0 Å². The van der Waals surface area contributed by atoms with E-state index >= 15 is 0 Å². The van der Waals surface area contributed by atoms with Crippen LogP contribution in [-0.2, 0) is 9.47 Å². The topological polar surface area (TPSA) is 82.5 Å². The van der Waals surface area contributed by atoms with Crippen molar-refractivity contribution >= 4 is 0 Å². The first-order valence-electron chi connectivity index (χ1n) is 10.6. The van der Waals surface area contributed by atoms with Gasteiger partial charge in [0.1, 0.15) is 0 Å². The summed E-state index contributed by atoms with van der Waals surface area (Å²) in [5.74, 6) is 0. The van der Waals surface area contributed by atoms with Crippen LogP contribution in [0.5, 0.6) is 0 Å². The average Bonchev–Trinajstić information content (AvgIpc) is 2.29. The van der Waals surface area contributed by atoms with E-state index < -0.39 is 17.5 Å². The summed E-state index contributed by atoms with van der Waals surface area (Å²) < 4.78 is 13.3. The number of hydrogen-bond acceptors (Lipinski definition) is 5. The average molecular weight is 402 g/mol. The summed E-state index contributed by atoms with van der Waals surface area (Å²) in [6.07, 6.45) is 1.96. The van der Waals surface area contributed by atoms with Gasteiger partial charge in [-0.1, -0.05) is 13.8 Å². The first-order chi connectivity index (χ1) is 12.0. The van der Waals surface area contributed by atoms with Crippen LogP contribution in [0.1, 0.15) is 102 Å². The van der Waals surface area contributed by atoms with E-state index in [1.165, 1.54) is 0 Å². The molecule has 0 aliphatic rings. The van der Waals surface area contributed by atoms with Crippen LogP contribution in [0.25, 0.3) is 0 Å². The van der Waals surface area contributed by atoms with E-state index in [-0.39, 0.29) is 22.0 Å². The Kier molecular flexibility index (Phi) is 8.82. The molecule has 5 nitrogen and oxygen atoms in total. The number of hydrogen-bond donors (Lipinski definition) is 3. The first kappa shape index (κ1) is 27.8. The minimum Gasteiger partial charge on any atom is -0.346 e. The van der Waals surface area contributed by atoms with Crippen molar-refractivity contribution in [3.8, 4) is 0 Å². The molecule has 0 aromatic heterocycles. The van der Waals surface area contributed by atoms with E-state index in [9.17, 15) is 0 Å². The molecule has 0 fully saturated rings. The molecule has 0 aliphatic carbocycles. The Labute approximate surface area is 175 Å². The SMILES string of the molecule is CNC(C)(C)CC(C)(C)C(OC(C)(C)CC(C)(C)N)OC(C)(C)CC(C)(C)N. The van der Waals surface area contributed by atoms with Crippen molar-refractivity contribution in [2.45, 2.75) is 136 Å². The molecule has 0 radical (unpaired) electrons. The summed E-state index contributed by atoms with van der Waals surface area (Å²) in [5.41, 5.74) is 10.8. The van der Waals surface area contributed by atoms with Gasteiger partial charge in [-0.25, -0.2) is 0 Å². The normalized spacial score (nSPS) is 15.4. The van der Waals surface area contributed by atoms with Crippen molar-refractivity contribution in [1.82, 2.24) is 5.32 Å². The molecule has 0 unspecified atom stereocenters. The van der Waals surface area contributed by atoms with Gasteiger partial charge < -0.3 is 26.3 Å². The van der Waals surface area contributed by atoms with E-state index in [4.69, 9.17) is 20.9 Å². The molecule has 0 aliphatic heterocycles. The minimum absolute atomic E-state index is 0.0387. The van der Waals surface area contributed by atoms with Gasteiger partial charge in [0.2, 0.25) is 0 Å². The van der Waals surface area contributed by atoms with Gasteiger partial charge >= 0.3 is 0 Å². The summed E-state index contributed by atoms with van der Waals surface area (Å²) >= 11 is 0. The minimum atomic E-state index is -0.418. The Morgan fingerprint density at radius 3 is 1.21 bits per heavy atom. The van der Waals surface area contributed by atoms with E-state index in [0.29, 0.717) is 0 Å². The smallest absolute Gasteiger partial charge is 0.164 e. The Hall–Kier alpha value is -0.200. The Morgan fingerprint density at radius 1 is 0.643 bits per heavy atom. The molecule has 0 atom stereocenters. The quantitative estimate of drug-likeness (QED) is 0.417. The number of rotatable bonds is 12. The zero-order valence-corrected chi connectivity index (χ0v) is 21.2. The molecular weight excluding hydrogens is 350 g/mol. The molecule has 0 aromatic carbocycles. The molecule has 0 rings (SSSR count). The maximum Gasteiger partial charge on any atom is 0.164 e. The highest BCUT2D eigenvalue weighted by molar-refractivity contribution is 4.91. The van der Waals surface area contributed by atoms with Gasteiger partial charge in [0.05, 0.1) is 11.2 Å². The van der Waals surface area contributed by atoms with Crippen LogP contribution in [0.3, 0.4) is 0 Å². The third-order valence-electron chi connectivity index (χ3n) is 4.83. The van der Waals surface area contributed by atoms with Crippen molar-refractivity contribution in [2.75, 3.05) is 7.05 Å². The maximum atomic E-state index is 6.65. The Morgan fingerprint density at radius 2 is 0.964 bits per heavy atom. The molecule has 0 heterocycles. The van der Waals surface area contributed by atoms with Crippen molar-refractivity contribution < 1.29 is 9.47 Å². The van der Waals surface area contributed by atoms with E-state index in [1.807, 2.05) is 34.7 Å². The molecule has 170 valence electrons. The second-order valence-electron chi connectivity index (χ2n) is 12.7. The molecule has 5 N–H and O–H groups in total. The summed E-state index contributed by atoms with van der Waals surface area (Å²) in [5, 5.41) is 3.40. The highest BCUT2D eigenvalue weighted by atomic mass is 16.7. The second-order valence-corrected chi connectivity index (χ2v) is 12.7. The van der Waals surface area contributed by atoms with Gasteiger partial charge in [-0.15, -0.1) is 0 Å². The molecule has 0 saturated heterocycles. The molecule has 0 bridgehead atoms. The van der Waals surface area contributed by atoms with Crippen molar-refractivity contribution in [1.29, 1.82) is 0 Å². The third-order valence-corrected chi connectivity index (χ3v) is 4.83. The van der Waals surface area contributed by atoms with Gasteiger partial charge in [-0.3, -0.25) is 0 Å². The van der Waals surface area contributed by atoms with Gasteiger partial charge in [-0.05, 0) is 95.5 Å². The molecule has 0 spiro atoms. The fourth-order valence-electron chi connectivity index (χ4n) is 4.51. The lowest BCUT2D eigenvalue weighted by Crippen LogP contribution is -2.53. The predicted molar refractivity (Wildman–Crippen MR) is 121 cm³/mol. The summed E-state index contributed by atoms with van der Waals surface area (Å²) in [6, 6.07) is 0. The summed E-state index contributed by atoms with van der Waals surface area (Å²) in [6.45, 7) is 25.3. The summed E-state index contributed by atoms with van der Waals surface area (Å²) in [4.78, 5) is 0. The van der Waals surface area contributed by atoms with Gasteiger partial charge in [0, 0.05) is 22.0 Å². The van der Waals surface area contributed by atoms with Crippen molar-refractivity contribution in [2.24, 2.45) is 16.9 Å². The maximum absolute atomic E-state index is 6.65. The van der Waals surface area contributed by atoms with E-state index in [2.05, 4.69) is 60.7 Å². The van der Waals surface area contributed by atoms with E-state index in [1.54, 1.807) is 0 Å². The van der Waals surface area contributed by atoms with Gasteiger partial charge in [-0.2, -0.15) is 0 Å². The number of ether oxygens (including phenoxy) is 2. The molecule has 28 heavy (non-hydrogen) atoms. The first-order valence-corrected chi connectivity index (χ1v) is 10.6. The zero-order chi connectivity index (χ0) is 22.8. The molecule has 0 aromatic rings. The lowest BCUT2D eigenvalue weighted by Gasteiger charge is -2.47. The van der Waals surface area contributed by atoms with Crippen LogP contribution in [0, 0.1) is 5.41 Å². The van der Waals surface area contributed by atoms with Crippen LogP contribution in [0.15, 0.2) is 0 Å². The fraction of sp³-hybridized carbons (Fsp3) is 1.00. The highest BCUT2D eigenvalue weighted by Gasteiger charge is 2.43. The van der Waals surface area contributed by atoms with Gasteiger partial charge in [0.15, 0.2) is 6.29 Å². The standard InChI is InChI=1S/C23H51N3O2/c1-18(2,14-21(7,8)26-13)17(27-22(9,10)15-19(3,4)24)28-23(11,12)16-20(5,6)25/h17,26H,14-16,24-25H2,1-13H3. The predicted octanol–water partition coefficient (Wildman–Crippen LogP) is 4.57. The lowest BCUT2D eigenvalue weighted by atomic mass is 9.78. The molecule has 0 saturated carbocycles. The van der Waals surface area contributed by atoms with Crippen molar-refractivity contribution in [3.05, 3.63) is 0 Å². The lowest BCUT2D eigenvalue weighted by molar-refractivity contribution is -0.289. The van der Waals surface area contributed by atoms with Crippen LogP contribution < -0.4 is 16.8 Å². The Balaban J connectivity index is 5.77. The van der Waals surface area contributed by atoms with E-state index in [0.717, 1.165) is 19.3 Å². The second kappa shape index (κ2) is 8.89. The fourth-order valence-corrected chi connectivity index (χ4v) is 4.51. The molecular formula is C23H51N3O2. The van der Waals surface area contributed by atoms with Crippen molar-refractivity contribution in [3.63, 3.8) is 0 Å². The monoisotopic (exact) mass is 401 g/mol. The Bertz CT molecular complexity index is 453. The summed E-state index contributed by atoms with van der Waals surface area (Å²) in [7, 11) is 1.99. The molecule has 0 amide bonds. The molecule has 5 heteroatoms. The zero-order valence-electron chi connectivity index (χ0n) is 21.2.